The fourth-order valence-corrected chi connectivity index (χ4v) is 2.15. The molecule has 0 radical (unpaired) electrons. The zero-order valence-corrected chi connectivity index (χ0v) is 11.0. The van der Waals surface area contributed by atoms with Gasteiger partial charge < -0.3 is 4.74 Å². The van der Waals surface area contributed by atoms with E-state index in [-0.39, 0.29) is 11.3 Å². The number of halogens is 5. The van der Waals surface area contributed by atoms with E-state index in [0.717, 1.165) is 6.07 Å². The summed E-state index contributed by atoms with van der Waals surface area (Å²) in [7, 11) is 1.29. The maximum Gasteiger partial charge on any atom is 0.165 e. The van der Waals surface area contributed by atoms with Crippen LogP contribution in [0.3, 0.4) is 0 Å². The van der Waals surface area contributed by atoms with Gasteiger partial charge in [-0.2, -0.15) is 0 Å². The molecule has 2 aromatic carbocycles. The standard InChI is InChI=1S/C14H9ClF4O/c1-20-12-3-2-7(4-9(12)17)14(15)13-10(18)5-8(16)6-11(13)19/h2-6,14H,1H3. The second-order valence-electron chi connectivity index (χ2n) is 4.04. The normalized spacial score (nSPS) is 12.3. The van der Waals surface area contributed by atoms with E-state index in [1.165, 1.54) is 19.2 Å². The minimum absolute atomic E-state index is 0.0160. The molecule has 6 heteroatoms. The highest BCUT2D eigenvalue weighted by Crippen LogP contribution is 2.34. The summed E-state index contributed by atoms with van der Waals surface area (Å²) in [5.74, 6) is -4.03. The lowest BCUT2D eigenvalue weighted by molar-refractivity contribution is 0.386. The van der Waals surface area contributed by atoms with Crippen LogP contribution in [0.2, 0.25) is 0 Å². The second kappa shape index (κ2) is 5.71. The Labute approximate surface area is 117 Å². The van der Waals surface area contributed by atoms with Crippen molar-refractivity contribution >= 4 is 11.6 Å². The number of alkyl halides is 1. The van der Waals surface area contributed by atoms with Gasteiger partial charge in [0, 0.05) is 17.7 Å². The molecule has 0 fully saturated rings. The molecule has 1 atom stereocenters. The van der Waals surface area contributed by atoms with Crippen LogP contribution in [0.1, 0.15) is 16.5 Å². The molecule has 2 rings (SSSR count). The number of methoxy groups -OCH3 is 1. The van der Waals surface area contributed by atoms with Gasteiger partial charge in [0.15, 0.2) is 11.6 Å². The van der Waals surface area contributed by atoms with Crippen LogP contribution in [0, 0.1) is 23.3 Å². The summed E-state index contributed by atoms with van der Waals surface area (Å²) in [4.78, 5) is 0. The first-order valence-electron chi connectivity index (χ1n) is 5.56. The van der Waals surface area contributed by atoms with Crippen molar-refractivity contribution in [3.8, 4) is 5.75 Å². The molecule has 0 aliphatic heterocycles. The molecule has 0 N–H and O–H groups in total. The smallest absolute Gasteiger partial charge is 0.165 e. The lowest BCUT2D eigenvalue weighted by atomic mass is 10.0. The van der Waals surface area contributed by atoms with Crippen molar-refractivity contribution in [3.63, 3.8) is 0 Å². The lowest BCUT2D eigenvalue weighted by Gasteiger charge is -2.13. The number of ether oxygens (including phenoxy) is 1. The molecule has 1 unspecified atom stereocenters. The van der Waals surface area contributed by atoms with Gasteiger partial charge >= 0.3 is 0 Å². The molecule has 2 aromatic rings. The Morgan fingerprint density at radius 2 is 1.55 bits per heavy atom. The number of hydrogen-bond donors (Lipinski definition) is 0. The first-order chi connectivity index (χ1) is 9.43. The Hall–Kier alpha value is -1.75. The third kappa shape index (κ3) is 2.72. The van der Waals surface area contributed by atoms with Gasteiger partial charge in [-0.15, -0.1) is 11.6 Å². The van der Waals surface area contributed by atoms with E-state index in [0.29, 0.717) is 12.1 Å². The van der Waals surface area contributed by atoms with Crippen LogP contribution >= 0.6 is 11.6 Å². The summed E-state index contributed by atoms with van der Waals surface area (Å²) in [5, 5.41) is -1.28. The van der Waals surface area contributed by atoms with Gasteiger partial charge in [0.2, 0.25) is 0 Å². The number of rotatable bonds is 3. The zero-order chi connectivity index (χ0) is 14.9. The first-order valence-corrected chi connectivity index (χ1v) is 5.99. The fourth-order valence-electron chi connectivity index (χ4n) is 1.80. The molecule has 106 valence electrons. The molecule has 0 bridgehead atoms. The van der Waals surface area contributed by atoms with Crippen LogP contribution in [0.15, 0.2) is 30.3 Å². The highest BCUT2D eigenvalue weighted by molar-refractivity contribution is 6.22. The minimum Gasteiger partial charge on any atom is -0.494 e. The molecule has 0 saturated heterocycles. The van der Waals surface area contributed by atoms with Crippen LogP contribution in [-0.4, -0.2) is 7.11 Å². The van der Waals surface area contributed by atoms with E-state index < -0.39 is 34.2 Å². The Morgan fingerprint density at radius 3 is 2.05 bits per heavy atom. The summed E-state index contributed by atoms with van der Waals surface area (Å²) in [6.07, 6.45) is 0. The predicted octanol–water partition coefficient (Wildman–Crippen LogP) is 4.58. The average Bonchev–Trinajstić information content (AvgIpc) is 2.37. The maximum absolute atomic E-state index is 13.6. The van der Waals surface area contributed by atoms with Gasteiger partial charge in [-0.25, -0.2) is 17.6 Å². The molecular weight excluding hydrogens is 296 g/mol. The van der Waals surface area contributed by atoms with Gasteiger partial charge in [-0.05, 0) is 17.7 Å². The maximum atomic E-state index is 13.6. The van der Waals surface area contributed by atoms with E-state index in [2.05, 4.69) is 0 Å². The zero-order valence-electron chi connectivity index (χ0n) is 10.3. The fraction of sp³-hybridized carbons (Fsp3) is 0.143. The monoisotopic (exact) mass is 304 g/mol. The summed E-state index contributed by atoms with van der Waals surface area (Å²) in [6, 6.07) is 4.72. The molecule has 0 aliphatic carbocycles. The van der Waals surface area contributed by atoms with Crippen LogP contribution in [0.5, 0.6) is 5.75 Å². The topological polar surface area (TPSA) is 9.23 Å². The van der Waals surface area contributed by atoms with Crippen molar-refractivity contribution in [1.29, 1.82) is 0 Å². The van der Waals surface area contributed by atoms with E-state index in [4.69, 9.17) is 16.3 Å². The molecule has 0 aromatic heterocycles. The van der Waals surface area contributed by atoms with Crippen molar-refractivity contribution in [2.24, 2.45) is 0 Å². The van der Waals surface area contributed by atoms with Crippen LogP contribution in [-0.2, 0) is 0 Å². The first kappa shape index (κ1) is 14.7. The quantitative estimate of drug-likeness (QED) is 0.596. The van der Waals surface area contributed by atoms with Gasteiger partial charge in [0.05, 0.1) is 12.5 Å². The third-order valence-electron chi connectivity index (χ3n) is 2.77. The van der Waals surface area contributed by atoms with Crippen molar-refractivity contribution < 1.29 is 22.3 Å². The van der Waals surface area contributed by atoms with E-state index in [9.17, 15) is 17.6 Å². The SMILES string of the molecule is COc1ccc(C(Cl)c2c(F)cc(F)cc2F)cc1F. The second-order valence-corrected chi connectivity index (χ2v) is 4.48. The van der Waals surface area contributed by atoms with Crippen LogP contribution in [0.4, 0.5) is 17.6 Å². The van der Waals surface area contributed by atoms with Crippen LogP contribution in [0.25, 0.3) is 0 Å². The number of hydrogen-bond acceptors (Lipinski definition) is 1. The van der Waals surface area contributed by atoms with Gasteiger partial charge in [-0.1, -0.05) is 6.07 Å². The Kier molecular flexibility index (Phi) is 4.18. The predicted molar refractivity (Wildman–Crippen MR) is 67.0 cm³/mol. The Bertz CT molecular complexity index is 622. The summed E-state index contributed by atoms with van der Waals surface area (Å²) < 4.78 is 58.4. The highest BCUT2D eigenvalue weighted by atomic mass is 35.5. The summed E-state index contributed by atoms with van der Waals surface area (Å²) in [6.45, 7) is 0. The lowest BCUT2D eigenvalue weighted by Crippen LogP contribution is -2.03. The van der Waals surface area contributed by atoms with Crippen LogP contribution < -0.4 is 4.74 Å². The molecule has 20 heavy (non-hydrogen) atoms. The largest absolute Gasteiger partial charge is 0.494 e. The van der Waals surface area contributed by atoms with Crippen molar-refractivity contribution in [2.45, 2.75) is 5.38 Å². The summed E-state index contributed by atoms with van der Waals surface area (Å²) >= 11 is 5.95. The Balaban J connectivity index is 2.46. The van der Waals surface area contributed by atoms with Gasteiger partial charge in [-0.3, -0.25) is 0 Å². The molecule has 0 spiro atoms. The molecule has 0 saturated carbocycles. The summed E-state index contributed by atoms with van der Waals surface area (Å²) in [5.41, 5.74) is -0.396. The van der Waals surface area contributed by atoms with E-state index >= 15 is 0 Å². The third-order valence-corrected chi connectivity index (χ3v) is 3.24. The van der Waals surface area contributed by atoms with Crippen molar-refractivity contribution in [1.82, 2.24) is 0 Å². The molecule has 0 amide bonds. The highest BCUT2D eigenvalue weighted by Gasteiger charge is 2.22. The minimum atomic E-state index is -1.28. The molecule has 0 heterocycles. The van der Waals surface area contributed by atoms with E-state index in [1.807, 2.05) is 0 Å². The molecular formula is C14H9ClF4O. The van der Waals surface area contributed by atoms with E-state index in [1.54, 1.807) is 0 Å². The number of benzene rings is 2. The Morgan fingerprint density at radius 1 is 0.950 bits per heavy atom. The van der Waals surface area contributed by atoms with Gasteiger partial charge in [0.25, 0.3) is 0 Å². The van der Waals surface area contributed by atoms with Crippen molar-refractivity contribution in [2.75, 3.05) is 7.11 Å². The van der Waals surface area contributed by atoms with Crippen molar-refractivity contribution in [3.05, 3.63) is 64.7 Å². The average molecular weight is 305 g/mol. The van der Waals surface area contributed by atoms with Gasteiger partial charge in [0.1, 0.15) is 17.5 Å². The molecule has 0 aliphatic rings. The molecule has 1 nitrogen and oxygen atoms in total.